The van der Waals surface area contributed by atoms with Gasteiger partial charge in [-0.1, -0.05) is 39.8 Å². The van der Waals surface area contributed by atoms with Gasteiger partial charge in [-0.05, 0) is 44.2 Å². The van der Waals surface area contributed by atoms with Crippen molar-refractivity contribution in [3.63, 3.8) is 0 Å². The van der Waals surface area contributed by atoms with Gasteiger partial charge in [-0.2, -0.15) is 0 Å². The smallest absolute Gasteiger partial charge is 0.407 e. The second kappa shape index (κ2) is 9.37. The first-order valence-corrected chi connectivity index (χ1v) is 13.3. The quantitative estimate of drug-likeness (QED) is 0.689. The standard InChI is InChI=1S/C22H40N4O2Si/c1-21(2,3)28-20(27)25-17-12-16(9-11-29(7)22(4,5)6)14-26(15-17)19-8-10-24-13-18(19)23/h8,10,13,16-17,29H,9,11-12,14-15,23H2,1-7H3,(H,25,27). The maximum atomic E-state index is 12.4. The maximum Gasteiger partial charge on any atom is 0.407 e. The number of ether oxygens (including phenoxy) is 1. The van der Waals surface area contributed by atoms with Crippen LogP contribution in [0.3, 0.4) is 0 Å². The van der Waals surface area contributed by atoms with Crippen molar-refractivity contribution in [2.45, 2.75) is 83.7 Å². The number of pyridine rings is 1. The molecule has 2 heterocycles. The van der Waals surface area contributed by atoms with Crippen molar-refractivity contribution >= 4 is 26.3 Å². The SMILES string of the molecule is C[SiH](CCC1CC(NC(=O)OC(C)(C)C)CN(c2ccncc2N)C1)C(C)(C)C. The zero-order valence-corrected chi connectivity index (χ0v) is 20.4. The first kappa shape index (κ1) is 23.5. The number of nitrogens with two attached hydrogens (primary N) is 1. The molecule has 1 amide bonds. The third-order valence-electron chi connectivity index (χ3n) is 5.91. The summed E-state index contributed by atoms with van der Waals surface area (Å²) in [6, 6.07) is 3.32. The molecule has 1 aromatic heterocycles. The summed E-state index contributed by atoms with van der Waals surface area (Å²) in [7, 11) is -0.808. The van der Waals surface area contributed by atoms with Gasteiger partial charge in [0.1, 0.15) is 5.60 Å². The van der Waals surface area contributed by atoms with E-state index >= 15 is 0 Å². The molecule has 29 heavy (non-hydrogen) atoms. The summed E-state index contributed by atoms with van der Waals surface area (Å²) in [5, 5.41) is 3.54. The first-order valence-electron chi connectivity index (χ1n) is 10.8. The molecular weight excluding hydrogens is 380 g/mol. The second-order valence-corrected chi connectivity index (χ2v) is 14.7. The van der Waals surface area contributed by atoms with Crippen molar-refractivity contribution in [1.29, 1.82) is 0 Å². The van der Waals surface area contributed by atoms with Gasteiger partial charge in [0.2, 0.25) is 0 Å². The fourth-order valence-corrected chi connectivity index (χ4v) is 5.63. The predicted octanol–water partition coefficient (Wildman–Crippen LogP) is 4.43. The van der Waals surface area contributed by atoms with Gasteiger partial charge in [-0.15, -0.1) is 0 Å². The minimum Gasteiger partial charge on any atom is -0.444 e. The van der Waals surface area contributed by atoms with E-state index < -0.39 is 14.4 Å². The molecule has 1 aromatic rings. The van der Waals surface area contributed by atoms with Crippen LogP contribution in [-0.4, -0.2) is 44.6 Å². The summed E-state index contributed by atoms with van der Waals surface area (Å²) in [6.07, 6.45) is 5.30. The van der Waals surface area contributed by atoms with Gasteiger partial charge in [0.05, 0.1) is 23.6 Å². The van der Waals surface area contributed by atoms with E-state index in [1.807, 2.05) is 26.8 Å². The van der Waals surface area contributed by atoms with Crippen molar-refractivity contribution in [2.24, 2.45) is 5.92 Å². The Kier molecular flexibility index (Phi) is 7.60. The van der Waals surface area contributed by atoms with Crippen molar-refractivity contribution in [2.75, 3.05) is 23.7 Å². The minimum absolute atomic E-state index is 0.0442. The normalized spacial score (nSPS) is 21.6. The van der Waals surface area contributed by atoms with E-state index in [0.717, 1.165) is 25.2 Å². The van der Waals surface area contributed by atoms with E-state index in [0.29, 0.717) is 16.6 Å². The molecule has 0 radical (unpaired) electrons. The zero-order chi connectivity index (χ0) is 21.8. The number of nitrogens with zero attached hydrogens (tertiary/aromatic N) is 2. The van der Waals surface area contributed by atoms with Gasteiger partial charge in [-0.3, -0.25) is 4.98 Å². The number of carbonyl (C=O) groups excluding carboxylic acids is 1. The Labute approximate surface area is 178 Å². The number of rotatable bonds is 5. The highest BCUT2D eigenvalue weighted by molar-refractivity contribution is 6.60. The second-order valence-electron chi connectivity index (χ2n) is 10.6. The Hall–Kier alpha value is -1.76. The predicted molar refractivity (Wildman–Crippen MR) is 124 cm³/mol. The molecule has 0 bridgehead atoms. The fourth-order valence-electron chi connectivity index (χ4n) is 3.79. The summed E-state index contributed by atoms with van der Waals surface area (Å²) in [5.41, 5.74) is 7.38. The lowest BCUT2D eigenvalue weighted by molar-refractivity contribution is 0.0493. The number of hydrogen-bond donors (Lipinski definition) is 2. The van der Waals surface area contributed by atoms with Crippen molar-refractivity contribution in [3.8, 4) is 0 Å². The van der Waals surface area contributed by atoms with Crippen LogP contribution in [0.25, 0.3) is 0 Å². The Morgan fingerprint density at radius 1 is 1.31 bits per heavy atom. The molecule has 1 saturated heterocycles. The van der Waals surface area contributed by atoms with Crippen LogP contribution in [0.1, 0.15) is 54.4 Å². The average molecular weight is 421 g/mol. The minimum atomic E-state index is -0.808. The van der Waals surface area contributed by atoms with Crippen LogP contribution >= 0.6 is 0 Å². The zero-order valence-electron chi connectivity index (χ0n) is 19.3. The van der Waals surface area contributed by atoms with Gasteiger partial charge in [-0.25, -0.2) is 4.79 Å². The molecular formula is C22H40N4O2Si. The molecule has 2 rings (SSSR count). The molecule has 3 N–H and O–H groups in total. The van der Waals surface area contributed by atoms with E-state index in [4.69, 9.17) is 10.5 Å². The van der Waals surface area contributed by atoms with Crippen molar-refractivity contribution in [3.05, 3.63) is 18.5 Å². The molecule has 164 valence electrons. The van der Waals surface area contributed by atoms with Gasteiger partial charge in [0, 0.05) is 28.1 Å². The molecule has 3 unspecified atom stereocenters. The molecule has 6 nitrogen and oxygen atoms in total. The first-order chi connectivity index (χ1) is 13.3. The lowest BCUT2D eigenvalue weighted by Gasteiger charge is -2.40. The van der Waals surface area contributed by atoms with Gasteiger partial charge in [0.15, 0.2) is 0 Å². The molecule has 1 aliphatic heterocycles. The number of amides is 1. The molecule has 7 heteroatoms. The topological polar surface area (TPSA) is 80.5 Å². The van der Waals surface area contributed by atoms with E-state index in [1.54, 1.807) is 12.4 Å². The van der Waals surface area contributed by atoms with E-state index in [-0.39, 0.29) is 12.1 Å². The van der Waals surface area contributed by atoms with Crippen molar-refractivity contribution in [1.82, 2.24) is 10.3 Å². The van der Waals surface area contributed by atoms with Crippen LogP contribution < -0.4 is 16.0 Å². The Morgan fingerprint density at radius 3 is 2.59 bits per heavy atom. The van der Waals surface area contributed by atoms with Crippen LogP contribution in [0.5, 0.6) is 0 Å². The highest BCUT2D eigenvalue weighted by Crippen LogP contribution is 2.34. The van der Waals surface area contributed by atoms with Crippen LogP contribution in [-0.2, 0) is 4.74 Å². The van der Waals surface area contributed by atoms with Crippen LogP contribution in [0.15, 0.2) is 18.5 Å². The largest absolute Gasteiger partial charge is 0.444 e. The number of piperidine rings is 1. The van der Waals surface area contributed by atoms with Gasteiger partial charge in [0.25, 0.3) is 0 Å². The number of nitrogens with one attached hydrogen (secondary N) is 1. The highest BCUT2D eigenvalue weighted by Gasteiger charge is 2.31. The molecule has 0 spiro atoms. The number of anilines is 2. The van der Waals surface area contributed by atoms with Gasteiger partial charge >= 0.3 is 6.09 Å². The van der Waals surface area contributed by atoms with Crippen molar-refractivity contribution < 1.29 is 9.53 Å². The molecule has 0 aliphatic carbocycles. The summed E-state index contributed by atoms with van der Waals surface area (Å²) in [6.45, 7) is 16.9. The van der Waals surface area contributed by atoms with Crippen LogP contribution in [0, 0.1) is 5.92 Å². The average Bonchev–Trinajstić information content (AvgIpc) is 2.57. The van der Waals surface area contributed by atoms with Crippen LogP contribution in [0.2, 0.25) is 17.6 Å². The monoisotopic (exact) mass is 420 g/mol. The molecule has 0 aromatic carbocycles. The Morgan fingerprint density at radius 2 is 2.00 bits per heavy atom. The number of aromatic nitrogens is 1. The highest BCUT2D eigenvalue weighted by atomic mass is 28.3. The third kappa shape index (κ3) is 7.53. The summed E-state index contributed by atoms with van der Waals surface area (Å²) >= 11 is 0. The Balaban J connectivity index is 2.10. The van der Waals surface area contributed by atoms with E-state index in [1.165, 1.54) is 12.5 Å². The van der Waals surface area contributed by atoms with E-state index in [9.17, 15) is 4.79 Å². The lowest BCUT2D eigenvalue weighted by Crippen LogP contribution is -2.52. The molecule has 0 saturated carbocycles. The summed E-state index contributed by atoms with van der Waals surface area (Å²) < 4.78 is 5.49. The van der Waals surface area contributed by atoms with E-state index in [2.05, 4.69) is 42.5 Å². The number of carbonyl (C=O) groups is 1. The Bertz CT molecular complexity index is 684. The fraction of sp³-hybridized carbons (Fsp3) is 0.727. The third-order valence-corrected chi connectivity index (χ3v) is 10.1. The molecule has 1 aliphatic rings. The summed E-state index contributed by atoms with van der Waals surface area (Å²) in [5.74, 6) is 0.522. The molecule has 1 fully saturated rings. The summed E-state index contributed by atoms with van der Waals surface area (Å²) in [4.78, 5) is 18.8. The molecule has 3 atom stereocenters. The number of alkyl carbamates (subject to hydrolysis) is 1. The maximum absolute atomic E-state index is 12.4. The van der Waals surface area contributed by atoms with Gasteiger partial charge < -0.3 is 20.7 Å². The number of hydrogen-bond acceptors (Lipinski definition) is 5. The lowest BCUT2D eigenvalue weighted by atomic mass is 9.91. The number of nitrogen functional groups attached to an aromatic ring is 1. The van der Waals surface area contributed by atoms with Crippen LogP contribution in [0.4, 0.5) is 16.2 Å².